The highest BCUT2D eigenvalue weighted by molar-refractivity contribution is 9.10. The summed E-state index contributed by atoms with van der Waals surface area (Å²) in [5.74, 6) is 0.915. The fourth-order valence-corrected chi connectivity index (χ4v) is 2.46. The van der Waals surface area contributed by atoms with Gasteiger partial charge in [0.25, 0.3) is 5.91 Å². The molecule has 0 aliphatic heterocycles. The van der Waals surface area contributed by atoms with Gasteiger partial charge in [-0.15, -0.1) is 0 Å². The normalized spacial score (nSPS) is 11.2. The summed E-state index contributed by atoms with van der Waals surface area (Å²) in [7, 11) is 0. The van der Waals surface area contributed by atoms with Crippen LogP contribution in [0.3, 0.4) is 0 Å². The third-order valence-electron chi connectivity index (χ3n) is 2.89. The molecule has 0 unspecified atom stereocenters. The molecule has 7 heteroatoms. The molecule has 1 aromatic rings. The largest absolute Gasteiger partial charge is 0.490 e. The van der Waals surface area contributed by atoms with Gasteiger partial charge < -0.3 is 25.2 Å². The van der Waals surface area contributed by atoms with E-state index in [4.69, 9.17) is 14.6 Å². The molecule has 1 amide bonds. The summed E-state index contributed by atoms with van der Waals surface area (Å²) in [5.41, 5.74) is 0.685. The van der Waals surface area contributed by atoms with Crippen molar-refractivity contribution < 1.29 is 19.4 Å². The molecule has 0 bridgehead atoms. The molecular weight excluding hydrogens is 376 g/mol. The number of hydrogen-bond donors (Lipinski definition) is 3. The minimum atomic E-state index is -0.300. The minimum Gasteiger partial charge on any atom is -0.490 e. The Labute approximate surface area is 152 Å². The molecule has 0 heterocycles. The quantitative estimate of drug-likeness (QED) is 0.551. The number of aliphatic hydroxyl groups is 1. The van der Waals surface area contributed by atoms with E-state index in [1.54, 1.807) is 6.07 Å². The zero-order chi connectivity index (χ0) is 18.2. The Hall–Kier alpha value is -1.31. The number of amides is 1. The van der Waals surface area contributed by atoms with Crippen molar-refractivity contribution in [2.24, 2.45) is 0 Å². The molecule has 0 saturated heterocycles. The summed E-state index contributed by atoms with van der Waals surface area (Å²) >= 11 is 3.50. The first kappa shape index (κ1) is 20.7. The molecule has 1 rings (SSSR count). The van der Waals surface area contributed by atoms with Crippen molar-refractivity contribution in [1.82, 2.24) is 10.6 Å². The Kier molecular flexibility index (Phi) is 8.52. The van der Waals surface area contributed by atoms with Crippen LogP contribution in [0.15, 0.2) is 16.6 Å². The highest BCUT2D eigenvalue weighted by Gasteiger charge is 2.16. The van der Waals surface area contributed by atoms with Gasteiger partial charge >= 0.3 is 0 Å². The highest BCUT2D eigenvalue weighted by Crippen LogP contribution is 2.34. The summed E-state index contributed by atoms with van der Waals surface area (Å²) in [6.45, 7) is 9.25. The summed E-state index contributed by atoms with van der Waals surface area (Å²) in [6, 6.07) is 3.67. The maximum Gasteiger partial charge on any atom is 0.258 e. The van der Waals surface area contributed by atoms with E-state index < -0.39 is 0 Å². The number of hydrogen-bond acceptors (Lipinski definition) is 5. The van der Waals surface area contributed by atoms with Gasteiger partial charge in [0.1, 0.15) is 0 Å². The van der Waals surface area contributed by atoms with Crippen molar-refractivity contribution in [3.63, 3.8) is 0 Å². The van der Waals surface area contributed by atoms with Crippen molar-refractivity contribution in [1.29, 1.82) is 0 Å². The zero-order valence-electron chi connectivity index (χ0n) is 14.7. The van der Waals surface area contributed by atoms with E-state index in [1.807, 2.05) is 33.8 Å². The number of rotatable bonds is 9. The van der Waals surface area contributed by atoms with Crippen molar-refractivity contribution in [3.05, 3.63) is 22.2 Å². The molecule has 1 aromatic carbocycles. The van der Waals surface area contributed by atoms with E-state index in [-0.39, 0.29) is 24.7 Å². The van der Waals surface area contributed by atoms with Gasteiger partial charge in [-0.2, -0.15) is 0 Å². The van der Waals surface area contributed by atoms with Crippen LogP contribution in [0.2, 0.25) is 0 Å². The van der Waals surface area contributed by atoms with E-state index >= 15 is 0 Å². The van der Waals surface area contributed by atoms with Crippen LogP contribution in [0.5, 0.6) is 11.5 Å². The first-order chi connectivity index (χ1) is 11.3. The van der Waals surface area contributed by atoms with Gasteiger partial charge in [-0.3, -0.25) is 4.79 Å². The molecule has 0 aliphatic rings. The second-order valence-corrected chi connectivity index (χ2v) is 7.16. The van der Waals surface area contributed by atoms with E-state index in [2.05, 4.69) is 26.6 Å². The number of aliphatic hydroxyl groups excluding tert-OH is 1. The topological polar surface area (TPSA) is 79.8 Å². The highest BCUT2D eigenvalue weighted by atomic mass is 79.9. The van der Waals surface area contributed by atoms with Gasteiger partial charge in [0.05, 0.1) is 13.2 Å². The van der Waals surface area contributed by atoms with Crippen LogP contribution in [0.1, 0.15) is 33.3 Å². The monoisotopic (exact) mass is 402 g/mol. The predicted octanol–water partition coefficient (Wildman–Crippen LogP) is 2.22. The lowest BCUT2D eigenvalue weighted by Crippen LogP contribution is -2.43. The number of nitrogens with one attached hydrogen (secondary N) is 2. The number of benzene rings is 1. The van der Waals surface area contributed by atoms with Gasteiger partial charge in [0.2, 0.25) is 0 Å². The summed E-state index contributed by atoms with van der Waals surface area (Å²) in [5, 5.41) is 14.8. The van der Waals surface area contributed by atoms with Crippen LogP contribution in [0.4, 0.5) is 0 Å². The Morgan fingerprint density at radius 2 is 1.92 bits per heavy atom. The molecule has 136 valence electrons. The Bertz CT molecular complexity index is 544. The first-order valence-electron chi connectivity index (χ1n) is 7.97. The van der Waals surface area contributed by atoms with Gasteiger partial charge in [0, 0.05) is 23.1 Å². The molecule has 0 spiro atoms. The lowest BCUT2D eigenvalue weighted by molar-refractivity contribution is -0.124. The Morgan fingerprint density at radius 3 is 2.50 bits per heavy atom. The van der Waals surface area contributed by atoms with Crippen LogP contribution >= 0.6 is 15.9 Å². The molecule has 0 atom stereocenters. The van der Waals surface area contributed by atoms with Gasteiger partial charge in [-0.25, -0.2) is 0 Å². The van der Waals surface area contributed by atoms with E-state index in [9.17, 15) is 4.79 Å². The first-order valence-corrected chi connectivity index (χ1v) is 8.76. The fraction of sp³-hybridized carbons (Fsp3) is 0.588. The maximum absolute atomic E-state index is 11.9. The number of halogens is 1. The maximum atomic E-state index is 11.9. The smallest absolute Gasteiger partial charge is 0.258 e. The van der Waals surface area contributed by atoms with Gasteiger partial charge in [0.15, 0.2) is 18.1 Å². The molecule has 0 radical (unpaired) electrons. The van der Waals surface area contributed by atoms with Crippen molar-refractivity contribution in [3.8, 4) is 11.5 Å². The number of ether oxygens (including phenoxy) is 2. The third-order valence-corrected chi connectivity index (χ3v) is 3.63. The summed E-state index contributed by atoms with van der Waals surface area (Å²) in [6.07, 6.45) is 0. The fourth-order valence-electron chi connectivity index (χ4n) is 1.99. The Balaban J connectivity index is 2.81. The van der Waals surface area contributed by atoms with Crippen LogP contribution in [0, 0.1) is 0 Å². The average Bonchev–Trinajstić information content (AvgIpc) is 2.47. The second kappa shape index (κ2) is 9.86. The molecule has 0 aliphatic carbocycles. The van der Waals surface area contributed by atoms with Crippen LogP contribution in [0.25, 0.3) is 0 Å². The minimum absolute atomic E-state index is 0.0775. The summed E-state index contributed by atoms with van der Waals surface area (Å²) in [4.78, 5) is 11.9. The third kappa shape index (κ3) is 7.51. The van der Waals surface area contributed by atoms with E-state index in [0.29, 0.717) is 31.2 Å². The molecule has 3 N–H and O–H groups in total. The molecule has 24 heavy (non-hydrogen) atoms. The Morgan fingerprint density at radius 1 is 1.25 bits per heavy atom. The number of carbonyl (C=O) groups excluding carboxylic acids is 1. The molecule has 0 saturated carbocycles. The number of carbonyl (C=O) groups is 1. The zero-order valence-corrected chi connectivity index (χ0v) is 16.3. The van der Waals surface area contributed by atoms with E-state index in [1.165, 1.54) is 0 Å². The van der Waals surface area contributed by atoms with Crippen molar-refractivity contribution in [2.45, 2.75) is 39.8 Å². The average molecular weight is 403 g/mol. The standard InChI is InChI=1S/C17H27BrN2O4/c1-5-23-14-8-12(10-19-6-7-21)13(18)9-15(14)24-11-16(22)20-17(2,3)4/h8-9,19,21H,5-7,10-11H2,1-4H3,(H,20,22). The second-order valence-electron chi connectivity index (χ2n) is 6.31. The van der Waals surface area contributed by atoms with Crippen LogP contribution in [-0.2, 0) is 11.3 Å². The molecule has 6 nitrogen and oxygen atoms in total. The molecule has 0 aromatic heterocycles. The van der Waals surface area contributed by atoms with Crippen molar-refractivity contribution in [2.75, 3.05) is 26.4 Å². The summed E-state index contributed by atoms with van der Waals surface area (Å²) < 4.78 is 12.1. The van der Waals surface area contributed by atoms with Crippen molar-refractivity contribution >= 4 is 21.8 Å². The van der Waals surface area contributed by atoms with Crippen LogP contribution in [-0.4, -0.2) is 42.9 Å². The molecular formula is C17H27BrN2O4. The van der Waals surface area contributed by atoms with E-state index in [0.717, 1.165) is 10.0 Å². The lowest BCUT2D eigenvalue weighted by Gasteiger charge is -2.21. The SMILES string of the molecule is CCOc1cc(CNCCO)c(Br)cc1OCC(=O)NC(C)(C)C. The van der Waals surface area contributed by atoms with Gasteiger partial charge in [-0.05, 0) is 45.4 Å². The van der Waals surface area contributed by atoms with Gasteiger partial charge in [-0.1, -0.05) is 15.9 Å². The molecule has 0 fully saturated rings. The van der Waals surface area contributed by atoms with Crippen LogP contribution < -0.4 is 20.1 Å². The predicted molar refractivity (Wildman–Crippen MR) is 97.5 cm³/mol. The lowest BCUT2D eigenvalue weighted by atomic mass is 10.1.